The Bertz CT molecular complexity index is 1510. The lowest BCUT2D eigenvalue weighted by Gasteiger charge is -2.37. The maximum atomic E-state index is 6.54. The molecule has 0 radical (unpaired) electrons. The normalized spacial score (nSPS) is 22.8. The van der Waals surface area contributed by atoms with E-state index in [9.17, 15) is 0 Å². The quantitative estimate of drug-likeness (QED) is 0.236. The van der Waals surface area contributed by atoms with E-state index in [0.717, 1.165) is 40.8 Å². The fraction of sp³-hybridized carbons (Fsp3) is 0.424. The molecule has 1 saturated heterocycles. The highest BCUT2D eigenvalue weighted by Gasteiger charge is 2.33. The van der Waals surface area contributed by atoms with Crippen LogP contribution in [0.3, 0.4) is 0 Å². The third kappa shape index (κ3) is 6.49. The van der Waals surface area contributed by atoms with Crippen molar-refractivity contribution in [2.75, 3.05) is 31.4 Å². The predicted octanol–water partition coefficient (Wildman–Crippen LogP) is 6.19. The molecule has 3 N–H and O–H groups in total. The van der Waals surface area contributed by atoms with Gasteiger partial charge in [-0.25, -0.2) is 15.5 Å². The Hall–Kier alpha value is -3.66. The third-order valence-corrected chi connectivity index (χ3v) is 8.89. The average molecular weight is 602 g/mol. The third-order valence-electron chi connectivity index (χ3n) is 8.68. The SMILES string of the molecule is C=C(c1cc(C)cc(Cl)c1)c1c(N=C(N)C2=NCON2)nc(N2CCOC[C@H]2c2ccccc2)n1CC1CCC(C)CC1. The molecule has 3 aromatic rings. The van der Waals surface area contributed by atoms with Crippen molar-refractivity contribution in [1.29, 1.82) is 0 Å². The number of hydroxylamine groups is 1. The molecule has 0 amide bonds. The summed E-state index contributed by atoms with van der Waals surface area (Å²) in [7, 11) is 0. The van der Waals surface area contributed by atoms with Crippen LogP contribution in [0, 0.1) is 18.8 Å². The summed E-state index contributed by atoms with van der Waals surface area (Å²) in [5, 5.41) is 0.659. The van der Waals surface area contributed by atoms with E-state index in [1.165, 1.54) is 31.2 Å². The number of aromatic nitrogens is 2. The van der Waals surface area contributed by atoms with E-state index in [0.29, 0.717) is 42.4 Å². The molecule has 2 aromatic carbocycles. The minimum Gasteiger partial charge on any atom is -0.380 e. The van der Waals surface area contributed by atoms with Gasteiger partial charge in [0.15, 0.2) is 24.2 Å². The number of benzene rings is 2. The molecule has 9 nitrogen and oxygen atoms in total. The van der Waals surface area contributed by atoms with Crippen LogP contribution in [0.2, 0.25) is 5.02 Å². The van der Waals surface area contributed by atoms with Crippen molar-refractivity contribution in [2.24, 2.45) is 27.6 Å². The molecule has 2 aliphatic heterocycles. The highest BCUT2D eigenvalue weighted by atomic mass is 35.5. The first-order valence-electron chi connectivity index (χ1n) is 15.1. The number of halogens is 1. The number of amidine groups is 2. The van der Waals surface area contributed by atoms with Crippen LogP contribution in [0.15, 0.2) is 65.1 Å². The largest absolute Gasteiger partial charge is 0.380 e. The Morgan fingerprint density at radius 1 is 1.16 bits per heavy atom. The van der Waals surface area contributed by atoms with Crippen molar-refractivity contribution in [3.05, 3.63) is 82.5 Å². The molecule has 226 valence electrons. The molecule has 3 heterocycles. The summed E-state index contributed by atoms with van der Waals surface area (Å²) in [6.45, 7) is 11.8. The summed E-state index contributed by atoms with van der Waals surface area (Å²) in [6.07, 6.45) is 4.80. The zero-order chi connectivity index (χ0) is 29.9. The Balaban J connectivity index is 1.52. The van der Waals surface area contributed by atoms with Gasteiger partial charge in [-0.15, -0.1) is 0 Å². The molecule has 0 unspecified atom stereocenters. The Morgan fingerprint density at radius 3 is 2.67 bits per heavy atom. The van der Waals surface area contributed by atoms with Crippen molar-refractivity contribution in [1.82, 2.24) is 15.0 Å². The Morgan fingerprint density at radius 2 is 1.95 bits per heavy atom. The molecule has 43 heavy (non-hydrogen) atoms. The number of nitrogens with one attached hydrogen (secondary N) is 1. The second-order valence-corrected chi connectivity index (χ2v) is 12.3. The maximum Gasteiger partial charge on any atom is 0.208 e. The van der Waals surface area contributed by atoms with Crippen molar-refractivity contribution >= 4 is 40.6 Å². The van der Waals surface area contributed by atoms with Gasteiger partial charge in [-0.05, 0) is 60.4 Å². The number of rotatable bonds is 8. The van der Waals surface area contributed by atoms with Gasteiger partial charge in [0.1, 0.15) is 0 Å². The molecule has 1 aromatic heterocycles. The fourth-order valence-electron chi connectivity index (χ4n) is 6.34. The van der Waals surface area contributed by atoms with Gasteiger partial charge < -0.3 is 19.9 Å². The first-order chi connectivity index (χ1) is 20.9. The molecule has 3 aliphatic rings. The van der Waals surface area contributed by atoms with Crippen LogP contribution in [-0.4, -0.2) is 47.7 Å². The van der Waals surface area contributed by atoms with Crippen LogP contribution in [0.5, 0.6) is 0 Å². The lowest BCUT2D eigenvalue weighted by Crippen LogP contribution is -2.41. The molecule has 0 bridgehead atoms. The first kappa shape index (κ1) is 29.4. The van der Waals surface area contributed by atoms with E-state index < -0.39 is 0 Å². The number of hydrogen-bond donors (Lipinski definition) is 2. The van der Waals surface area contributed by atoms with E-state index >= 15 is 0 Å². The average Bonchev–Trinajstić information content (AvgIpc) is 3.67. The standard InChI is InChI=1S/C33H40ClN7O2/c1-21-9-11-24(12-10-21)18-41-29(23(3)26-15-22(2)16-27(34)17-26)31(37-30(35)32-36-20-43-39-32)38-33(41)40-13-14-42-19-28(40)25-7-5-4-6-8-25/h4-8,15-17,21,24,28H,3,9-14,18-20H2,1-2H3,(H2,35,37)(H,36,39)/t21?,24?,28-/m0/s1. The molecule has 6 rings (SSSR count). The minimum atomic E-state index is 0.000424. The first-order valence-corrected chi connectivity index (χ1v) is 15.5. The van der Waals surface area contributed by atoms with Crippen LogP contribution in [0.25, 0.3) is 5.57 Å². The Labute approximate surface area is 258 Å². The molecule has 2 fully saturated rings. The van der Waals surface area contributed by atoms with Crippen molar-refractivity contribution in [3.63, 3.8) is 0 Å². The molecular formula is C33H40ClN7O2. The summed E-state index contributed by atoms with van der Waals surface area (Å²) in [5.74, 6) is 3.20. The number of hydrogen-bond acceptors (Lipinski definition) is 7. The maximum absolute atomic E-state index is 6.54. The fourth-order valence-corrected chi connectivity index (χ4v) is 6.63. The summed E-state index contributed by atoms with van der Waals surface area (Å²) >= 11 is 6.54. The second kappa shape index (κ2) is 12.9. The van der Waals surface area contributed by atoms with Gasteiger partial charge in [0.2, 0.25) is 5.95 Å². The van der Waals surface area contributed by atoms with Crippen LogP contribution in [-0.2, 0) is 16.1 Å². The van der Waals surface area contributed by atoms with Crippen molar-refractivity contribution in [2.45, 2.75) is 52.1 Å². The van der Waals surface area contributed by atoms with Crippen LogP contribution >= 0.6 is 11.6 Å². The molecule has 1 saturated carbocycles. The number of anilines is 1. The van der Waals surface area contributed by atoms with Crippen LogP contribution < -0.4 is 16.1 Å². The number of aryl methyl sites for hydroxylation is 1. The number of imidazole rings is 1. The topological polar surface area (TPSA) is 102 Å². The lowest BCUT2D eigenvalue weighted by atomic mass is 9.83. The molecule has 1 aliphatic carbocycles. The van der Waals surface area contributed by atoms with E-state index in [4.69, 9.17) is 36.9 Å². The van der Waals surface area contributed by atoms with Crippen LogP contribution in [0.1, 0.15) is 61.0 Å². The number of ether oxygens (including phenoxy) is 1. The van der Waals surface area contributed by atoms with Crippen LogP contribution in [0.4, 0.5) is 11.8 Å². The van der Waals surface area contributed by atoms with Crippen molar-refractivity contribution < 1.29 is 9.57 Å². The summed E-state index contributed by atoms with van der Waals surface area (Å²) < 4.78 is 8.33. The van der Waals surface area contributed by atoms with E-state index in [2.05, 4.69) is 63.8 Å². The number of aliphatic imine (C=N–C) groups is 2. The second-order valence-electron chi connectivity index (χ2n) is 11.9. The van der Waals surface area contributed by atoms with Gasteiger partial charge in [-0.2, -0.15) is 4.98 Å². The highest BCUT2D eigenvalue weighted by molar-refractivity contribution is 6.40. The monoisotopic (exact) mass is 601 g/mol. The number of nitrogens with two attached hydrogens (primary N) is 1. The van der Waals surface area contributed by atoms with Gasteiger partial charge in [0.25, 0.3) is 0 Å². The molecule has 1 atom stereocenters. The van der Waals surface area contributed by atoms with E-state index in [1.54, 1.807) is 0 Å². The Kier molecular flexibility index (Phi) is 8.83. The zero-order valence-corrected chi connectivity index (χ0v) is 25.7. The molecular weight excluding hydrogens is 562 g/mol. The molecule has 0 spiro atoms. The van der Waals surface area contributed by atoms with E-state index in [1.807, 2.05) is 25.1 Å². The highest BCUT2D eigenvalue weighted by Crippen LogP contribution is 2.40. The van der Waals surface area contributed by atoms with Gasteiger partial charge in [0.05, 0.1) is 24.9 Å². The van der Waals surface area contributed by atoms with Gasteiger partial charge >= 0.3 is 0 Å². The molecule has 10 heteroatoms. The number of nitrogens with zero attached hydrogens (tertiary/aromatic N) is 5. The summed E-state index contributed by atoms with van der Waals surface area (Å²) in [4.78, 5) is 21.9. The van der Waals surface area contributed by atoms with E-state index in [-0.39, 0.29) is 18.6 Å². The van der Waals surface area contributed by atoms with Gasteiger partial charge in [-0.3, -0.25) is 4.84 Å². The minimum absolute atomic E-state index is 0.000424. The predicted molar refractivity (Wildman–Crippen MR) is 173 cm³/mol. The summed E-state index contributed by atoms with van der Waals surface area (Å²) in [6, 6.07) is 16.5. The van der Waals surface area contributed by atoms with Gasteiger partial charge in [-0.1, -0.05) is 74.3 Å². The smallest absolute Gasteiger partial charge is 0.208 e. The zero-order valence-electron chi connectivity index (χ0n) is 24.9. The lowest BCUT2D eigenvalue weighted by molar-refractivity contribution is 0.0927. The summed E-state index contributed by atoms with van der Waals surface area (Å²) in [5.41, 5.74) is 14.0. The van der Waals surface area contributed by atoms with Gasteiger partial charge in [0, 0.05) is 23.7 Å². The number of morpholine rings is 1. The van der Waals surface area contributed by atoms with Crippen molar-refractivity contribution in [3.8, 4) is 0 Å².